The van der Waals surface area contributed by atoms with Crippen molar-refractivity contribution in [1.29, 1.82) is 0 Å². The first-order valence-corrected chi connectivity index (χ1v) is 9.29. The van der Waals surface area contributed by atoms with E-state index >= 15 is 0 Å². The Balaban J connectivity index is 1.63. The summed E-state index contributed by atoms with van der Waals surface area (Å²) in [6.45, 7) is 0. The fraction of sp³-hybridized carbons (Fsp3) is 0. The zero-order valence-electron chi connectivity index (χ0n) is 15.0. The zero-order valence-corrected chi connectivity index (χ0v) is 15.0. The van der Waals surface area contributed by atoms with Gasteiger partial charge in [0.2, 0.25) is 5.78 Å². The van der Waals surface area contributed by atoms with Crippen molar-refractivity contribution < 1.29 is 0 Å². The second kappa shape index (κ2) is 5.79. The fourth-order valence-corrected chi connectivity index (χ4v) is 3.90. The molecule has 0 unspecified atom stereocenters. The molecule has 3 heterocycles. The van der Waals surface area contributed by atoms with Gasteiger partial charge < -0.3 is 0 Å². The van der Waals surface area contributed by atoms with Crippen molar-refractivity contribution in [3.8, 4) is 16.9 Å². The average Bonchev–Trinajstić information content (AvgIpc) is 3.29. The van der Waals surface area contributed by atoms with Gasteiger partial charge in [-0.3, -0.25) is 14.0 Å². The Morgan fingerprint density at radius 1 is 0.607 bits per heavy atom. The first-order valence-electron chi connectivity index (χ1n) is 9.29. The lowest BCUT2D eigenvalue weighted by molar-refractivity contribution is 1.09. The summed E-state index contributed by atoms with van der Waals surface area (Å²) in [7, 11) is 0. The SMILES string of the molecule is c1ccc(-c2ccc(-n3c4ccccc4n4c5ccccc5nc34)cn2)cc1. The summed E-state index contributed by atoms with van der Waals surface area (Å²) in [5.74, 6) is 0.900. The molecule has 0 bridgehead atoms. The van der Waals surface area contributed by atoms with Crippen LogP contribution < -0.4 is 0 Å². The van der Waals surface area contributed by atoms with E-state index in [1.165, 1.54) is 0 Å². The van der Waals surface area contributed by atoms with Gasteiger partial charge in [0, 0.05) is 5.56 Å². The number of benzene rings is 3. The van der Waals surface area contributed by atoms with Crippen LogP contribution in [0.25, 0.3) is 44.8 Å². The summed E-state index contributed by atoms with van der Waals surface area (Å²) >= 11 is 0. The molecular formula is C24H16N4. The van der Waals surface area contributed by atoms with Crippen LogP contribution in [0.1, 0.15) is 0 Å². The van der Waals surface area contributed by atoms with Gasteiger partial charge in [-0.1, -0.05) is 54.6 Å². The van der Waals surface area contributed by atoms with E-state index in [1.807, 2.05) is 30.5 Å². The van der Waals surface area contributed by atoms with E-state index in [0.29, 0.717) is 0 Å². The molecule has 0 saturated heterocycles. The number of imidazole rings is 2. The molecule has 6 rings (SSSR count). The van der Waals surface area contributed by atoms with Gasteiger partial charge in [-0.15, -0.1) is 0 Å². The van der Waals surface area contributed by atoms with Crippen LogP contribution in [0.4, 0.5) is 0 Å². The van der Waals surface area contributed by atoms with E-state index in [1.54, 1.807) is 0 Å². The number of hydrogen-bond donors (Lipinski definition) is 0. The predicted molar refractivity (Wildman–Crippen MR) is 113 cm³/mol. The van der Waals surface area contributed by atoms with Crippen LogP contribution in [0.2, 0.25) is 0 Å². The van der Waals surface area contributed by atoms with Crippen LogP contribution in [-0.4, -0.2) is 18.9 Å². The number of rotatable bonds is 2. The van der Waals surface area contributed by atoms with Gasteiger partial charge in [0.15, 0.2) is 0 Å². The van der Waals surface area contributed by atoms with Gasteiger partial charge in [-0.05, 0) is 36.4 Å². The summed E-state index contributed by atoms with van der Waals surface area (Å²) < 4.78 is 4.40. The molecule has 0 amide bonds. The number of hydrogen-bond acceptors (Lipinski definition) is 2. The monoisotopic (exact) mass is 360 g/mol. The Morgan fingerprint density at radius 3 is 2.11 bits per heavy atom. The van der Waals surface area contributed by atoms with E-state index in [2.05, 4.69) is 75.7 Å². The largest absolute Gasteiger partial charge is 0.277 e. The maximum absolute atomic E-state index is 4.91. The molecule has 6 aromatic rings. The standard InChI is InChI=1S/C24H16N4/c1-2-8-17(9-3-1)19-15-14-18(16-25-19)27-22-12-6-7-13-23(22)28-21-11-5-4-10-20(21)26-24(27)28/h1-16H. The maximum atomic E-state index is 4.91. The Kier molecular flexibility index (Phi) is 3.14. The Hall–Kier alpha value is -3.92. The van der Waals surface area contributed by atoms with Crippen molar-refractivity contribution in [2.45, 2.75) is 0 Å². The lowest BCUT2D eigenvalue weighted by Gasteiger charge is -2.06. The van der Waals surface area contributed by atoms with Crippen LogP contribution in [-0.2, 0) is 0 Å². The molecule has 0 aliphatic heterocycles. The maximum Gasteiger partial charge on any atom is 0.220 e. The molecule has 0 saturated carbocycles. The smallest absolute Gasteiger partial charge is 0.220 e. The summed E-state index contributed by atoms with van der Waals surface area (Å²) in [5, 5.41) is 0. The van der Waals surface area contributed by atoms with Gasteiger partial charge in [0.25, 0.3) is 0 Å². The normalized spacial score (nSPS) is 11.6. The number of nitrogens with zero attached hydrogens (tertiary/aromatic N) is 4. The molecule has 0 atom stereocenters. The van der Waals surface area contributed by atoms with E-state index < -0.39 is 0 Å². The highest BCUT2D eigenvalue weighted by molar-refractivity contribution is 5.92. The molecule has 0 radical (unpaired) electrons. The van der Waals surface area contributed by atoms with Crippen molar-refractivity contribution in [1.82, 2.24) is 18.9 Å². The summed E-state index contributed by atoms with van der Waals surface area (Å²) in [5.41, 5.74) is 7.44. The molecule has 4 heteroatoms. The lowest BCUT2D eigenvalue weighted by Crippen LogP contribution is -1.96. The highest BCUT2D eigenvalue weighted by Crippen LogP contribution is 2.29. The average molecular weight is 360 g/mol. The molecule has 132 valence electrons. The molecule has 0 N–H and O–H groups in total. The molecule has 28 heavy (non-hydrogen) atoms. The van der Waals surface area contributed by atoms with Crippen LogP contribution in [0.5, 0.6) is 0 Å². The molecular weight excluding hydrogens is 344 g/mol. The van der Waals surface area contributed by atoms with E-state index in [-0.39, 0.29) is 0 Å². The van der Waals surface area contributed by atoms with Gasteiger partial charge in [0.1, 0.15) is 0 Å². The summed E-state index contributed by atoms with van der Waals surface area (Å²) in [4.78, 5) is 9.62. The molecule has 0 aliphatic rings. The quantitative estimate of drug-likeness (QED) is 0.409. The first kappa shape index (κ1) is 15.2. The second-order valence-corrected chi connectivity index (χ2v) is 6.83. The van der Waals surface area contributed by atoms with Crippen molar-refractivity contribution in [3.63, 3.8) is 0 Å². The van der Waals surface area contributed by atoms with Crippen LogP contribution in [0, 0.1) is 0 Å². The Bertz CT molecular complexity index is 1440. The second-order valence-electron chi connectivity index (χ2n) is 6.83. The molecule has 0 fully saturated rings. The van der Waals surface area contributed by atoms with Crippen molar-refractivity contribution >= 4 is 27.8 Å². The Labute approximate surface area is 161 Å². The molecule has 4 nitrogen and oxygen atoms in total. The minimum Gasteiger partial charge on any atom is -0.277 e. The van der Waals surface area contributed by atoms with E-state index in [0.717, 1.165) is 44.8 Å². The predicted octanol–water partition coefficient (Wildman–Crippen LogP) is 5.49. The highest BCUT2D eigenvalue weighted by Gasteiger charge is 2.16. The third kappa shape index (κ3) is 2.12. The number of aromatic nitrogens is 4. The Morgan fingerprint density at radius 2 is 1.32 bits per heavy atom. The zero-order chi connectivity index (χ0) is 18.5. The van der Waals surface area contributed by atoms with Gasteiger partial charge >= 0.3 is 0 Å². The molecule has 3 aromatic heterocycles. The number of para-hydroxylation sites is 4. The van der Waals surface area contributed by atoms with E-state index in [9.17, 15) is 0 Å². The summed E-state index contributed by atoms with van der Waals surface area (Å²) in [6.07, 6.45) is 1.92. The van der Waals surface area contributed by atoms with Crippen LogP contribution in [0.15, 0.2) is 97.2 Å². The van der Waals surface area contributed by atoms with Crippen LogP contribution >= 0.6 is 0 Å². The van der Waals surface area contributed by atoms with Crippen molar-refractivity contribution in [3.05, 3.63) is 97.2 Å². The highest BCUT2D eigenvalue weighted by atomic mass is 15.2. The molecule has 3 aromatic carbocycles. The fourth-order valence-electron chi connectivity index (χ4n) is 3.90. The topological polar surface area (TPSA) is 35.1 Å². The van der Waals surface area contributed by atoms with E-state index in [4.69, 9.17) is 9.97 Å². The van der Waals surface area contributed by atoms with Crippen molar-refractivity contribution in [2.24, 2.45) is 0 Å². The minimum atomic E-state index is 0.900. The van der Waals surface area contributed by atoms with Crippen LogP contribution in [0.3, 0.4) is 0 Å². The number of fused-ring (bicyclic) bond motifs is 5. The summed E-state index contributed by atoms with van der Waals surface area (Å²) in [6, 6.07) is 31.1. The minimum absolute atomic E-state index is 0.900. The third-order valence-corrected chi connectivity index (χ3v) is 5.18. The third-order valence-electron chi connectivity index (χ3n) is 5.18. The first-order chi connectivity index (χ1) is 13.9. The van der Waals surface area contributed by atoms with Gasteiger partial charge in [-0.2, -0.15) is 0 Å². The van der Waals surface area contributed by atoms with Crippen molar-refractivity contribution in [2.75, 3.05) is 0 Å². The van der Waals surface area contributed by atoms with Gasteiger partial charge in [0.05, 0.1) is 39.6 Å². The molecule has 0 aliphatic carbocycles. The lowest BCUT2D eigenvalue weighted by atomic mass is 10.1. The van der Waals surface area contributed by atoms with Gasteiger partial charge in [-0.25, -0.2) is 4.98 Å². The number of pyridine rings is 1. The molecule has 0 spiro atoms.